The number of para-hydroxylation sites is 2. The summed E-state index contributed by atoms with van der Waals surface area (Å²) in [6, 6.07) is 27.1. The highest BCUT2D eigenvalue weighted by Crippen LogP contribution is 2.43. The predicted octanol–water partition coefficient (Wildman–Crippen LogP) is 6.39. The van der Waals surface area contributed by atoms with E-state index in [9.17, 15) is 9.59 Å². The van der Waals surface area contributed by atoms with Gasteiger partial charge in [0, 0.05) is 29.4 Å². The number of carbonyl (C=O) groups is 2. The summed E-state index contributed by atoms with van der Waals surface area (Å²) in [5.41, 5.74) is 3.45. The number of nitrogens with zero attached hydrogens (tertiary/aromatic N) is 2. The molecule has 4 nitrogen and oxygen atoms in total. The minimum atomic E-state index is -0.161. The van der Waals surface area contributed by atoms with Crippen molar-refractivity contribution in [2.24, 2.45) is 0 Å². The highest BCUT2D eigenvalue weighted by Gasteiger charge is 2.38. The molecule has 3 aromatic carbocycles. The van der Waals surface area contributed by atoms with E-state index < -0.39 is 0 Å². The standard InChI is InChI=1S/C28H30N2O2/c1-3-4-19-27(31)29-21(2)20-26(24-17-11-12-18-25(24)29)30(23-15-9-6-10-16-23)28(32)22-13-7-5-8-14-22/h5-18,21,26H,3-4,19-20H2,1-2H3. The van der Waals surface area contributed by atoms with E-state index in [1.54, 1.807) is 0 Å². The van der Waals surface area contributed by atoms with Crippen LogP contribution in [0.2, 0.25) is 0 Å². The van der Waals surface area contributed by atoms with Gasteiger partial charge in [0.1, 0.15) is 0 Å². The molecule has 0 fully saturated rings. The largest absolute Gasteiger partial charge is 0.309 e. The summed E-state index contributed by atoms with van der Waals surface area (Å²) in [5, 5.41) is 0. The lowest BCUT2D eigenvalue weighted by molar-refractivity contribution is -0.119. The van der Waals surface area contributed by atoms with Crippen molar-refractivity contribution in [3.05, 3.63) is 96.1 Å². The van der Waals surface area contributed by atoms with E-state index >= 15 is 0 Å². The molecular weight excluding hydrogens is 396 g/mol. The van der Waals surface area contributed by atoms with Crippen molar-refractivity contribution in [3.8, 4) is 0 Å². The maximum absolute atomic E-state index is 13.8. The van der Waals surface area contributed by atoms with Crippen LogP contribution in [0.25, 0.3) is 0 Å². The first-order valence-electron chi connectivity index (χ1n) is 11.5. The van der Waals surface area contributed by atoms with Crippen LogP contribution in [0.15, 0.2) is 84.9 Å². The zero-order valence-electron chi connectivity index (χ0n) is 18.8. The summed E-state index contributed by atoms with van der Waals surface area (Å²) in [4.78, 5) is 30.7. The second-order valence-electron chi connectivity index (χ2n) is 8.40. The zero-order valence-corrected chi connectivity index (χ0v) is 18.8. The van der Waals surface area contributed by atoms with Crippen LogP contribution in [-0.2, 0) is 4.79 Å². The fourth-order valence-corrected chi connectivity index (χ4v) is 4.60. The first kappa shape index (κ1) is 21.8. The van der Waals surface area contributed by atoms with Gasteiger partial charge in [-0.3, -0.25) is 9.59 Å². The Bertz CT molecular complexity index is 1070. The van der Waals surface area contributed by atoms with E-state index in [1.165, 1.54) is 0 Å². The van der Waals surface area contributed by atoms with E-state index in [1.807, 2.05) is 88.7 Å². The number of carbonyl (C=O) groups excluding carboxylic acids is 2. The summed E-state index contributed by atoms with van der Waals surface area (Å²) < 4.78 is 0. The monoisotopic (exact) mass is 426 g/mol. The molecule has 4 rings (SSSR count). The Kier molecular flexibility index (Phi) is 6.69. The number of hydrogen-bond acceptors (Lipinski definition) is 2. The van der Waals surface area contributed by atoms with E-state index in [2.05, 4.69) is 19.9 Å². The number of amides is 2. The van der Waals surface area contributed by atoms with Gasteiger partial charge in [0.25, 0.3) is 5.91 Å². The maximum Gasteiger partial charge on any atom is 0.258 e. The van der Waals surface area contributed by atoms with Crippen LogP contribution >= 0.6 is 0 Å². The van der Waals surface area contributed by atoms with Crippen LogP contribution < -0.4 is 9.80 Å². The molecule has 4 heteroatoms. The van der Waals surface area contributed by atoms with Gasteiger partial charge in [-0.2, -0.15) is 0 Å². The molecule has 3 aromatic rings. The first-order chi connectivity index (χ1) is 15.6. The van der Waals surface area contributed by atoms with Gasteiger partial charge in [0.15, 0.2) is 0 Å². The normalized spacial score (nSPS) is 17.5. The molecule has 1 heterocycles. The lowest BCUT2D eigenvalue weighted by atomic mass is 9.89. The predicted molar refractivity (Wildman–Crippen MR) is 130 cm³/mol. The van der Waals surface area contributed by atoms with Gasteiger partial charge in [-0.1, -0.05) is 67.9 Å². The number of hydrogen-bond donors (Lipinski definition) is 0. The van der Waals surface area contributed by atoms with Crippen LogP contribution in [0, 0.1) is 0 Å². The molecule has 0 aromatic heterocycles. The molecule has 0 spiro atoms. The van der Waals surface area contributed by atoms with Crippen molar-refractivity contribution < 1.29 is 9.59 Å². The van der Waals surface area contributed by atoms with Crippen molar-refractivity contribution in [1.29, 1.82) is 0 Å². The average Bonchev–Trinajstić information content (AvgIpc) is 2.84. The van der Waals surface area contributed by atoms with E-state index in [0.717, 1.165) is 29.8 Å². The van der Waals surface area contributed by atoms with Crippen LogP contribution in [0.4, 0.5) is 11.4 Å². The van der Waals surface area contributed by atoms with Crippen molar-refractivity contribution in [2.45, 2.75) is 51.6 Å². The highest BCUT2D eigenvalue weighted by molar-refractivity contribution is 6.07. The third kappa shape index (κ3) is 4.31. The number of benzene rings is 3. The van der Waals surface area contributed by atoms with Crippen LogP contribution in [0.3, 0.4) is 0 Å². The van der Waals surface area contributed by atoms with Crippen molar-refractivity contribution >= 4 is 23.2 Å². The van der Waals surface area contributed by atoms with E-state index in [-0.39, 0.29) is 23.9 Å². The molecule has 0 N–H and O–H groups in total. The first-order valence-corrected chi connectivity index (χ1v) is 11.5. The third-order valence-electron chi connectivity index (χ3n) is 6.16. The van der Waals surface area contributed by atoms with E-state index in [4.69, 9.17) is 0 Å². The summed E-state index contributed by atoms with van der Waals surface area (Å²) >= 11 is 0. The summed E-state index contributed by atoms with van der Waals surface area (Å²) in [6.07, 6.45) is 3.11. The number of unbranched alkanes of at least 4 members (excludes halogenated alkanes) is 1. The van der Waals surface area contributed by atoms with Gasteiger partial charge < -0.3 is 9.80 Å². The highest BCUT2D eigenvalue weighted by atomic mass is 16.2. The number of fused-ring (bicyclic) bond motifs is 1. The Labute approximate surface area is 190 Å². The molecule has 0 saturated heterocycles. The molecule has 0 radical (unpaired) electrons. The molecular formula is C28H30N2O2. The Hall–Kier alpha value is -3.40. The number of rotatable bonds is 6. The minimum Gasteiger partial charge on any atom is -0.309 e. The fourth-order valence-electron chi connectivity index (χ4n) is 4.60. The van der Waals surface area contributed by atoms with Gasteiger partial charge in [-0.15, -0.1) is 0 Å². The summed E-state index contributed by atoms with van der Waals surface area (Å²) in [5.74, 6) is 0.125. The summed E-state index contributed by atoms with van der Waals surface area (Å²) in [7, 11) is 0. The van der Waals surface area contributed by atoms with Crippen LogP contribution in [-0.4, -0.2) is 17.9 Å². The average molecular weight is 427 g/mol. The lowest BCUT2D eigenvalue weighted by Gasteiger charge is -2.43. The van der Waals surface area contributed by atoms with Gasteiger partial charge in [0.2, 0.25) is 5.91 Å². The van der Waals surface area contributed by atoms with Gasteiger partial charge in [0.05, 0.1) is 6.04 Å². The zero-order chi connectivity index (χ0) is 22.5. The van der Waals surface area contributed by atoms with Crippen molar-refractivity contribution in [3.63, 3.8) is 0 Å². The number of anilines is 2. The molecule has 0 saturated carbocycles. The SMILES string of the molecule is CCCCC(=O)N1c2ccccc2C(N(C(=O)c2ccccc2)c2ccccc2)CC1C. The van der Waals surface area contributed by atoms with Gasteiger partial charge in [-0.05, 0) is 55.7 Å². The Balaban J connectivity index is 1.79. The van der Waals surface area contributed by atoms with E-state index in [0.29, 0.717) is 18.4 Å². The lowest BCUT2D eigenvalue weighted by Crippen LogP contribution is -2.47. The molecule has 32 heavy (non-hydrogen) atoms. The van der Waals surface area contributed by atoms with Crippen LogP contribution in [0.1, 0.15) is 61.5 Å². The van der Waals surface area contributed by atoms with Crippen LogP contribution in [0.5, 0.6) is 0 Å². The third-order valence-corrected chi connectivity index (χ3v) is 6.16. The maximum atomic E-state index is 13.8. The second kappa shape index (κ2) is 9.82. The molecule has 164 valence electrons. The van der Waals surface area contributed by atoms with Gasteiger partial charge >= 0.3 is 0 Å². The topological polar surface area (TPSA) is 40.6 Å². The molecule has 1 aliphatic heterocycles. The minimum absolute atomic E-state index is 0.00552. The summed E-state index contributed by atoms with van der Waals surface area (Å²) in [6.45, 7) is 4.19. The van der Waals surface area contributed by atoms with Crippen molar-refractivity contribution in [2.75, 3.05) is 9.80 Å². The quantitative estimate of drug-likeness (QED) is 0.458. The van der Waals surface area contributed by atoms with Gasteiger partial charge in [-0.25, -0.2) is 0 Å². The molecule has 2 amide bonds. The Morgan fingerprint density at radius 3 is 2.22 bits per heavy atom. The molecule has 2 atom stereocenters. The molecule has 1 aliphatic rings. The molecule has 0 bridgehead atoms. The Morgan fingerprint density at radius 2 is 1.53 bits per heavy atom. The Morgan fingerprint density at radius 1 is 0.906 bits per heavy atom. The molecule has 2 unspecified atom stereocenters. The smallest absolute Gasteiger partial charge is 0.258 e. The fraction of sp³-hybridized carbons (Fsp3) is 0.286. The van der Waals surface area contributed by atoms with Crippen molar-refractivity contribution in [1.82, 2.24) is 0 Å². The molecule has 0 aliphatic carbocycles. The second-order valence-corrected chi connectivity index (χ2v) is 8.40.